The minimum Gasteiger partial charge on any atom is -0.135 e. The Morgan fingerprint density at radius 3 is 1.51 bits per heavy atom. The maximum Gasteiger partial charge on any atom is 0.0440 e. The van der Waals surface area contributed by atoms with E-state index in [2.05, 4.69) is 158 Å². The van der Waals surface area contributed by atoms with Gasteiger partial charge < -0.3 is 0 Å². The molecule has 0 saturated carbocycles. The summed E-state index contributed by atoms with van der Waals surface area (Å²) in [7, 11) is 0. The second kappa shape index (κ2) is 9.50. The molecule has 0 bridgehead atoms. The van der Waals surface area contributed by atoms with Crippen molar-refractivity contribution in [2.45, 2.75) is 0 Å². The molecule has 0 unspecified atom stereocenters. The zero-order valence-corrected chi connectivity index (χ0v) is 25.2. The van der Waals surface area contributed by atoms with Crippen molar-refractivity contribution in [1.29, 1.82) is 0 Å². The average molecular weight is 587 g/mol. The van der Waals surface area contributed by atoms with E-state index in [1.165, 1.54) is 96.3 Å². The van der Waals surface area contributed by atoms with Crippen molar-refractivity contribution in [1.82, 2.24) is 0 Å². The van der Waals surface area contributed by atoms with Crippen LogP contribution in [0.3, 0.4) is 0 Å². The number of hydrogen-bond acceptors (Lipinski definition) is 1. The second-order valence-electron chi connectivity index (χ2n) is 12.0. The summed E-state index contributed by atoms with van der Waals surface area (Å²) < 4.78 is 2.72. The Bertz CT molecular complexity index is 2760. The summed E-state index contributed by atoms with van der Waals surface area (Å²) in [4.78, 5) is 0. The van der Waals surface area contributed by atoms with Gasteiger partial charge in [0.15, 0.2) is 0 Å². The third-order valence-electron chi connectivity index (χ3n) is 9.60. The lowest BCUT2D eigenvalue weighted by atomic mass is 9.85. The van der Waals surface area contributed by atoms with E-state index in [0.29, 0.717) is 0 Å². The topological polar surface area (TPSA) is 0 Å². The molecule has 1 heterocycles. The Morgan fingerprint density at radius 1 is 0.311 bits per heavy atom. The molecule has 10 rings (SSSR count). The fourth-order valence-electron chi connectivity index (χ4n) is 7.65. The summed E-state index contributed by atoms with van der Waals surface area (Å²) in [6.45, 7) is 0. The lowest BCUT2D eigenvalue weighted by Crippen LogP contribution is -1.91. The van der Waals surface area contributed by atoms with Gasteiger partial charge in [0.2, 0.25) is 0 Å². The molecule has 1 aromatic heterocycles. The van der Waals surface area contributed by atoms with Crippen molar-refractivity contribution in [2.24, 2.45) is 0 Å². The van der Waals surface area contributed by atoms with Gasteiger partial charge in [-0.3, -0.25) is 0 Å². The minimum atomic E-state index is 1.25. The molecule has 0 radical (unpaired) electrons. The summed E-state index contributed by atoms with van der Waals surface area (Å²) >= 11 is 1.91. The zero-order chi connectivity index (χ0) is 29.5. The van der Waals surface area contributed by atoms with E-state index in [9.17, 15) is 0 Å². The van der Waals surface area contributed by atoms with Crippen LogP contribution < -0.4 is 0 Å². The van der Waals surface area contributed by atoms with Crippen LogP contribution >= 0.6 is 11.3 Å². The Kier molecular flexibility index (Phi) is 5.25. The van der Waals surface area contributed by atoms with Crippen LogP contribution in [-0.2, 0) is 0 Å². The Morgan fingerprint density at radius 2 is 0.822 bits per heavy atom. The van der Waals surface area contributed by atoms with Gasteiger partial charge >= 0.3 is 0 Å². The van der Waals surface area contributed by atoms with Crippen LogP contribution in [0.4, 0.5) is 0 Å². The van der Waals surface area contributed by atoms with Crippen LogP contribution in [0.25, 0.3) is 96.3 Å². The highest BCUT2D eigenvalue weighted by Crippen LogP contribution is 2.47. The van der Waals surface area contributed by atoms with Crippen molar-refractivity contribution in [3.05, 3.63) is 158 Å². The highest BCUT2D eigenvalue weighted by atomic mass is 32.1. The summed E-state index contributed by atoms with van der Waals surface area (Å²) in [5.41, 5.74) is 5.11. The molecule has 1 heteroatoms. The van der Waals surface area contributed by atoms with Gasteiger partial charge in [-0.1, -0.05) is 140 Å². The fraction of sp³-hybridized carbons (Fsp3) is 0. The third kappa shape index (κ3) is 3.59. The van der Waals surface area contributed by atoms with Gasteiger partial charge in [0.25, 0.3) is 0 Å². The van der Waals surface area contributed by atoms with Gasteiger partial charge in [-0.05, 0) is 88.9 Å². The van der Waals surface area contributed by atoms with Gasteiger partial charge in [-0.25, -0.2) is 0 Å². The fourth-order valence-corrected chi connectivity index (χ4v) is 8.91. The van der Waals surface area contributed by atoms with Crippen LogP contribution in [0.2, 0.25) is 0 Å². The maximum atomic E-state index is 2.45. The molecule has 0 amide bonds. The summed E-state index contributed by atoms with van der Waals surface area (Å²) in [6, 6.07) is 58.4. The van der Waals surface area contributed by atoms with Gasteiger partial charge in [-0.15, -0.1) is 11.3 Å². The highest BCUT2D eigenvalue weighted by molar-refractivity contribution is 7.27. The van der Waals surface area contributed by atoms with E-state index in [0.717, 1.165) is 0 Å². The molecule has 0 saturated heterocycles. The Balaban J connectivity index is 1.32. The van der Waals surface area contributed by atoms with Crippen molar-refractivity contribution in [2.75, 3.05) is 0 Å². The number of benzene rings is 9. The predicted octanol–water partition coefficient (Wildman–Crippen LogP) is 13.2. The number of thiophene rings is 1. The largest absolute Gasteiger partial charge is 0.135 e. The lowest BCUT2D eigenvalue weighted by Gasteiger charge is -2.18. The number of rotatable bonds is 2. The Labute approximate surface area is 264 Å². The van der Waals surface area contributed by atoms with E-state index >= 15 is 0 Å². The summed E-state index contributed by atoms with van der Waals surface area (Å²) in [5, 5.41) is 15.7. The molecule has 0 spiro atoms. The van der Waals surface area contributed by atoms with E-state index < -0.39 is 0 Å². The molecule has 9 aromatic carbocycles. The first-order chi connectivity index (χ1) is 22.3. The smallest absolute Gasteiger partial charge is 0.0440 e. The first-order valence-corrected chi connectivity index (χ1v) is 16.3. The number of hydrogen-bond donors (Lipinski definition) is 0. The average Bonchev–Trinajstić information content (AvgIpc) is 3.50. The zero-order valence-electron chi connectivity index (χ0n) is 24.4. The SMILES string of the molecule is c1ccc2cc(-c3c4ccccc4c(-c4ccc5c(c4)c4ccccc4c4c6ccccc6sc54)c4ccccc34)ccc2c1. The normalized spacial score (nSPS) is 12.0. The number of fused-ring (bicyclic) bond motifs is 11. The van der Waals surface area contributed by atoms with Crippen molar-refractivity contribution in [3.63, 3.8) is 0 Å². The van der Waals surface area contributed by atoms with Crippen LogP contribution in [0.5, 0.6) is 0 Å². The van der Waals surface area contributed by atoms with Crippen molar-refractivity contribution < 1.29 is 0 Å². The molecule has 0 fully saturated rings. The van der Waals surface area contributed by atoms with E-state index in [4.69, 9.17) is 0 Å². The van der Waals surface area contributed by atoms with E-state index in [1.54, 1.807) is 0 Å². The molecule has 0 nitrogen and oxygen atoms in total. The first-order valence-electron chi connectivity index (χ1n) is 15.5. The standard InChI is InChI=1S/C44H26S/c1-2-12-28-25-29(22-21-27(28)11-1)41-33-15-5-7-17-35(33)42(36-18-8-6-16-34(36)41)30-23-24-37-39(26-30)31-13-3-4-14-32(31)43-38-19-9-10-20-40(38)45-44(37)43/h1-26H. The Hall–Kier alpha value is -5.50. The lowest BCUT2D eigenvalue weighted by molar-refractivity contribution is 1.68. The van der Waals surface area contributed by atoms with Crippen LogP contribution in [-0.4, -0.2) is 0 Å². The summed E-state index contributed by atoms with van der Waals surface area (Å²) in [5.74, 6) is 0. The second-order valence-corrected chi connectivity index (χ2v) is 13.1. The molecular weight excluding hydrogens is 561 g/mol. The molecule has 0 atom stereocenters. The molecule has 0 aliphatic rings. The maximum absolute atomic E-state index is 2.45. The molecule has 0 aliphatic heterocycles. The molecule has 0 N–H and O–H groups in total. The monoisotopic (exact) mass is 586 g/mol. The van der Waals surface area contributed by atoms with Gasteiger partial charge in [-0.2, -0.15) is 0 Å². The summed E-state index contributed by atoms with van der Waals surface area (Å²) in [6.07, 6.45) is 0. The van der Waals surface area contributed by atoms with Crippen LogP contribution in [0.15, 0.2) is 158 Å². The van der Waals surface area contributed by atoms with Crippen LogP contribution in [0, 0.1) is 0 Å². The molecule has 10 aromatic rings. The molecule has 208 valence electrons. The van der Waals surface area contributed by atoms with Crippen LogP contribution in [0.1, 0.15) is 0 Å². The van der Waals surface area contributed by atoms with Gasteiger partial charge in [0, 0.05) is 25.6 Å². The van der Waals surface area contributed by atoms with Gasteiger partial charge in [0.1, 0.15) is 0 Å². The quantitative estimate of drug-likeness (QED) is 0.140. The first kappa shape index (κ1) is 24.9. The van der Waals surface area contributed by atoms with Gasteiger partial charge in [0.05, 0.1) is 0 Å². The minimum absolute atomic E-state index is 1.25. The van der Waals surface area contributed by atoms with E-state index in [-0.39, 0.29) is 0 Å². The molecular formula is C44H26S. The van der Waals surface area contributed by atoms with Crippen molar-refractivity contribution >= 4 is 85.4 Å². The third-order valence-corrected chi connectivity index (χ3v) is 10.8. The molecule has 0 aliphatic carbocycles. The predicted molar refractivity (Wildman–Crippen MR) is 198 cm³/mol. The van der Waals surface area contributed by atoms with E-state index in [1.807, 2.05) is 11.3 Å². The molecule has 45 heavy (non-hydrogen) atoms. The van der Waals surface area contributed by atoms with Crippen molar-refractivity contribution in [3.8, 4) is 22.3 Å². The highest BCUT2D eigenvalue weighted by Gasteiger charge is 2.19.